The van der Waals surface area contributed by atoms with Gasteiger partial charge in [-0.3, -0.25) is 4.79 Å². The lowest BCUT2D eigenvalue weighted by molar-refractivity contribution is -0.134. The number of furan rings is 1. The summed E-state index contributed by atoms with van der Waals surface area (Å²) >= 11 is 0. The molecule has 0 saturated heterocycles. The Hall–Kier alpha value is -2.03. The van der Waals surface area contributed by atoms with Gasteiger partial charge in [0.05, 0.1) is 12.7 Å². The summed E-state index contributed by atoms with van der Waals surface area (Å²) in [6.45, 7) is 5.92. The maximum absolute atomic E-state index is 11.9. The number of aryl methyl sites for hydroxylation is 3. The molecule has 1 heterocycles. The lowest BCUT2D eigenvalue weighted by Crippen LogP contribution is -2.11. The number of esters is 1. The van der Waals surface area contributed by atoms with E-state index in [1.165, 1.54) is 0 Å². The summed E-state index contributed by atoms with van der Waals surface area (Å²) in [5.74, 6) is 1.26. The van der Waals surface area contributed by atoms with Crippen molar-refractivity contribution in [3.05, 3.63) is 53.0 Å². The van der Waals surface area contributed by atoms with E-state index in [4.69, 9.17) is 9.15 Å². The highest BCUT2D eigenvalue weighted by Crippen LogP contribution is 2.26. The Labute approximate surface area is 113 Å². The summed E-state index contributed by atoms with van der Waals surface area (Å²) in [7, 11) is 0. The third kappa shape index (κ3) is 3.25. The van der Waals surface area contributed by atoms with Crippen LogP contribution in [0.2, 0.25) is 0 Å². The molecular formula is C16H18O3. The molecule has 0 spiro atoms. The molecule has 0 amide bonds. The highest BCUT2D eigenvalue weighted by molar-refractivity contribution is 5.73. The van der Waals surface area contributed by atoms with Crippen LogP contribution < -0.4 is 4.74 Å². The normalized spacial score (nSPS) is 10.5. The number of hydrogen-bond donors (Lipinski definition) is 0. The van der Waals surface area contributed by atoms with Crippen LogP contribution in [0.15, 0.2) is 34.9 Å². The van der Waals surface area contributed by atoms with Crippen LogP contribution in [0.1, 0.15) is 28.9 Å². The molecule has 0 bridgehead atoms. The summed E-state index contributed by atoms with van der Waals surface area (Å²) in [6, 6.07) is 7.67. The summed E-state index contributed by atoms with van der Waals surface area (Å²) in [5, 5.41) is 0. The predicted molar refractivity (Wildman–Crippen MR) is 73.3 cm³/mol. The van der Waals surface area contributed by atoms with Crippen molar-refractivity contribution in [2.24, 2.45) is 0 Å². The molecular weight excluding hydrogens is 240 g/mol. The highest BCUT2D eigenvalue weighted by atomic mass is 16.5. The monoisotopic (exact) mass is 258 g/mol. The Morgan fingerprint density at radius 1 is 1.16 bits per heavy atom. The highest BCUT2D eigenvalue weighted by Gasteiger charge is 2.12. The Balaban J connectivity index is 2.01. The van der Waals surface area contributed by atoms with Crippen LogP contribution in [0.5, 0.6) is 5.75 Å². The van der Waals surface area contributed by atoms with Gasteiger partial charge in [-0.2, -0.15) is 0 Å². The third-order valence-corrected chi connectivity index (χ3v) is 3.25. The average molecular weight is 258 g/mol. The number of carbonyl (C=O) groups excluding carboxylic acids is 1. The summed E-state index contributed by atoms with van der Waals surface area (Å²) < 4.78 is 10.7. The van der Waals surface area contributed by atoms with E-state index in [0.717, 1.165) is 22.5 Å². The SMILES string of the molecule is Cc1ccc(C)c(OC(=O)CCc2ccco2)c1C. The minimum atomic E-state index is -0.229. The fourth-order valence-electron chi connectivity index (χ4n) is 1.93. The summed E-state index contributed by atoms with van der Waals surface area (Å²) in [5.41, 5.74) is 3.13. The predicted octanol–water partition coefficient (Wildman–Crippen LogP) is 3.74. The van der Waals surface area contributed by atoms with Crippen LogP contribution in [0.3, 0.4) is 0 Å². The first-order valence-corrected chi connectivity index (χ1v) is 6.38. The van der Waals surface area contributed by atoms with Crippen molar-refractivity contribution in [1.29, 1.82) is 0 Å². The molecule has 3 heteroatoms. The minimum absolute atomic E-state index is 0.229. The molecule has 2 aromatic rings. The third-order valence-electron chi connectivity index (χ3n) is 3.25. The number of rotatable bonds is 4. The molecule has 1 aromatic carbocycles. The molecule has 0 radical (unpaired) electrons. The van der Waals surface area contributed by atoms with Crippen molar-refractivity contribution in [2.75, 3.05) is 0 Å². The largest absolute Gasteiger partial charge is 0.469 e. The van der Waals surface area contributed by atoms with Crippen molar-refractivity contribution < 1.29 is 13.9 Å². The van der Waals surface area contributed by atoms with Crippen LogP contribution in [0.25, 0.3) is 0 Å². The van der Waals surface area contributed by atoms with E-state index >= 15 is 0 Å². The molecule has 0 unspecified atom stereocenters. The number of benzene rings is 1. The molecule has 0 N–H and O–H groups in total. The molecule has 0 aliphatic carbocycles. The molecule has 0 saturated carbocycles. The Morgan fingerprint density at radius 2 is 1.89 bits per heavy atom. The lowest BCUT2D eigenvalue weighted by atomic mass is 10.1. The van der Waals surface area contributed by atoms with Gasteiger partial charge in [0.2, 0.25) is 0 Å². The van der Waals surface area contributed by atoms with Crippen molar-refractivity contribution in [1.82, 2.24) is 0 Å². The van der Waals surface area contributed by atoms with Gasteiger partial charge < -0.3 is 9.15 Å². The summed E-state index contributed by atoms with van der Waals surface area (Å²) in [4.78, 5) is 11.9. The molecule has 3 nitrogen and oxygen atoms in total. The molecule has 19 heavy (non-hydrogen) atoms. The molecule has 100 valence electrons. The van der Waals surface area contributed by atoms with Gasteiger partial charge in [-0.1, -0.05) is 12.1 Å². The quantitative estimate of drug-likeness (QED) is 0.619. The van der Waals surface area contributed by atoms with E-state index in [1.54, 1.807) is 6.26 Å². The zero-order valence-electron chi connectivity index (χ0n) is 11.5. The van der Waals surface area contributed by atoms with E-state index in [9.17, 15) is 4.79 Å². The second-order valence-electron chi connectivity index (χ2n) is 4.71. The molecule has 0 fully saturated rings. The fraction of sp³-hybridized carbons (Fsp3) is 0.312. The van der Waals surface area contributed by atoms with Gasteiger partial charge in [-0.25, -0.2) is 0 Å². The lowest BCUT2D eigenvalue weighted by Gasteiger charge is -2.12. The van der Waals surface area contributed by atoms with Crippen LogP contribution in [-0.4, -0.2) is 5.97 Å². The average Bonchev–Trinajstić information content (AvgIpc) is 2.90. The first-order valence-electron chi connectivity index (χ1n) is 6.38. The zero-order valence-corrected chi connectivity index (χ0v) is 11.5. The van der Waals surface area contributed by atoms with Gasteiger partial charge in [0.15, 0.2) is 0 Å². The maximum Gasteiger partial charge on any atom is 0.311 e. The smallest absolute Gasteiger partial charge is 0.311 e. The van der Waals surface area contributed by atoms with Crippen LogP contribution >= 0.6 is 0 Å². The van der Waals surface area contributed by atoms with Gasteiger partial charge in [0.25, 0.3) is 0 Å². The number of carbonyl (C=O) groups is 1. The molecule has 0 aliphatic heterocycles. The van der Waals surface area contributed by atoms with Crippen molar-refractivity contribution >= 4 is 5.97 Å². The van der Waals surface area contributed by atoms with Gasteiger partial charge in [0, 0.05) is 6.42 Å². The van der Waals surface area contributed by atoms with E-state index in [1.807, 2.05) is 45.0 Å². The van der Waals surface area contributed by atoms with Gasteiger partial charge in [0.1, 0.15) is 11.5 Å². The van der Waals surface area contributed by atoms with Crippen molar-refractivity contribution in [3.8, 4) is 5.75 Å². The molecule has 2 rings (SSSR count). The van der Waals surface area contributed by atoms with Crippen molar-refractivity contribution in [2.45, 2.75) is 33.6 Å². The van der Waals surface area contributed by atoms with E-state index in [-0.39, 0.29) is 5.97 Å². The van der Waals surface area contributed by atoms with Crippen LogP contribution in [0, 0.1) is 20.8 Å². The van der Waals surface area contributed by atoms with E-state index in [2.05, 4.69) is 0 Å². The Morgan fingerprint density at radius 3 is 2.58 bits per heavy atom. The van der Waals surface area contributed by atoms with Crippen molar-refractivity contribution in [3.63, 3.8) is 0 Å². The minimum Gasteiger partial charge on any atom is -0.469 e. The van der Waals surface area contributed by atoms with Crippen LogP contribution in [0.4, 0.5) is 0 Å². The number of hydrogen-bond acceptors (Lipinski definition) is 3. The van der Waals surface area contributed by atoms with Crippen LogP contribution in [-0.2, 0) is 11.2 Å². The molecule has 0 aliphatic rings. The van der Waals surface area contributed by atoms with Gasteiger partial charge in [-0.15, -0.1) is 0 Å². The summed E-state index contributed by atoms with van der Waals surface area (Å²) in [6.07, 6.45) is 2.49. The Kier molecular flexibility index (Phi) is 4.05. The zero-order chi connectivity index (χ0) is 13.8. The first-order chi connectivity index (χ1) is 9.08. The molecule has 1 aromatic heterocycles. The molecule has 0 atom stereocenters. The topological polar surface area (TPSA) is 39.4 Å². The van der Waals surface area contributed by atoms with Gasteiger partial charge in [-0.05, 0) is 49.6 Å². The fourth-order valence-corrected chi connectivity index (χ4v) is 1.93. The van der Waals surface area contributed by atoms with Gasteiger partial charge >= 0.3 is 5.97 Å². The number of ether oxygens (including phenoxy) is 1. The first kappa shape index (κ1) is 13.4. The second kappa shape index (κ2) is 5.74. The standard InChI is InChI=1S/C16H18O3/c1-11-6-7-12(2)16(13(11)3)19-15(17)9-8-14-5-4-10-18-14/h4-7,10H,8-9H2,1-3H3. The van der Waals surface area contributed by atoms with E-state index in [0.29, 0.717) is 18.6 Å². The second-order valence-corrected chi connectivity index (χ2v) is 4.71. The Bertz CT molecular complexity index is 568. The van der Waals surface area contributed by atoms with E-state index < -0.39 is 0 Å². The maximum atomic E-state index is 11.9.